The van der Waals surface area contributed by atoms with E-state index in [-0.39, 0.29) is 5.91 Å². The number of nitrogens with zero attached hydrogens (tertiary/aromatic N) is 2. The van der Waals surface area contributed by atoms with Gasteiger partial charge in [-0.05, 0) is 42.7 Å². The Bertz CT molecular complexity index is 1110. The van der Waals surface area contributed by atoms with Crippen molar-refractivity contribution in [1.82, 2.24) is 14.9 Å². The Labute approximate surface area is 182 Å². The zero-order valence-corrected chi connectivity index (χ0v) is 17.5. The summed E-state index contributed by atoms with van der Waals surface area (Å²) in [4.78, 5) is 17.1. The summed E-state index contributed by atoms with van der Waals surface area (Å²) in [6.07, 6.45) is 2.05. The third kappa shape index (κ3) is 5.72. The Hall–Kier alpha value is -3.60. The third-order valence-corrected chi connectivity index (χ3v) is 5.20. The van der Waals surface area contributed by atoms with Gasteiger partial charge < -0.3 is 14.6 Å². The van der Waals surface area contributed by atoms with E-state index in [1.54, 1.807) is 0 Å². The topological polar surface area (TPSA) is 56.2 Å². The molecule has 1 amide bonds. The lowest BCUT2D eigenvalue weighted by Crippen LogP contribution is -2.25. The second-order valence-electron chi connectivity index (χ2n) is 7.45. The third-order valence-electron chi connectivity index (χ3n) is 5.20. The number of imidazole rings is 1. The van der Waals surface area contributed by atoms with Crippen molar-refractivity contribution in [1.29, 1.82) is 0 Å². The fourth-order valence-corrected chi connectivity index (χ4v) is 3.61. The molecule has 0 fully saturated rings. The van der Waals surface area contributed by atoms with Gasteiger partial charge >= 0.3 is 0 Å². The fourth-order valence-electron chi connectivity index (χ4n) is 3.61. The van der Waals surface area contributed by atoms with E-state index in [4.69, 9.17) is 9.72 Å². The minimum absolute atomic E-state index is 0.0369. The molecule has 0 aliphatic carbocycles. The highest BCUT2D eigenvalue weighted by Gasteiger charge is 2.11. The van der Waals surface area contributed by atoms with Crippen LogP contribution >= 0.6 is 0 Å². The van der Waals surface area contributed by atoms with E-state index in [1.165, 1.54) is 5.56 Å². The molecule has 158 valence electrons. The molecule has 1 heterocycles. The van der Waals surface area contributed by atoms with Gasteiger partial charge in [0.25, 0.3) is 0 Å². The highest BCUT2D eigenvalue weighted by Crippen LogP contribution is 2.17. The maximum atomic E-state index is 12.4. The Balaban J connectivity index is 1.34. The second kappa shape index (κ2) is 10.4. The van der Waals surface area contributed by atoms with Crippen molar-refractivity contribution in [2.75, 3.05) is 6.61 Å². The first kappa shape index (κ1) is 20.7. The molecule has 4 aromatic rings. The molecule has 1 N–H and O–H groups in total. The van der Waals surface area contributed by atoms with E-state index in [2.05, 4.69) is 16.0 Å². The molecule has 5 nitrogen and oxygen atoms in total. The number of benzene rings is 3. The molecule has 0 bridgehead atoms. The van der Waals surface area contributed by atoms with Gasteiger partial charge in [-0.1, -0.05) is 60.7 Å². The number of para-hydroxylation sites is 3. The summed E-state index contributed by atoms with van der Waals surface area (Å²) in [5, 5.41) is 3.03. The predicted octanol–water partition coefficient (Wildman–Crippen LogP) is 4.75. The Morgan fingerprint density at radius 2 is 1.61 bits per heavy atom. The van der Waals surface area contributed by atoms with Crippen LogP contribution < -0.4 is 10.1 Å². The van der Waals surface area contributed by atoms with Crippen LogP contribution in [0, 0.1) is 0 Å². The van der Waals surface area contributed by atoms with Crippen LogP contribution in [0.5, 0.6) is 5.75 Å². The second-order valence-corrected chi connectivity index (χ2v) is 7.45. The van der Waals surface area contributed by atoms with E-state index in [9.17, 15) is 4.79 Å². The summed E-state index contributed by atoms with van der Waals surface area (Å²) in [5.74, 6) is 1.78. The van der Waals surface area contributed by atoms with Crippen LogP contribution in [0.3, 0.4) is 0 Å². The number of hydrogen-bond donors (Lipinski definition) is 1. The molecule has 0 aliphatic rings. The van der Waals surface area contributed by atoms with Gasteiger partial charge in [0.1, 0.15) is 11.6 Å². The fraction of sp³-hybridized carbons (Fsp3) is 0.231. The average Bonchev–Trinajstić information content (AvgIpc) is 3.18. The highest BCUT2D eigenvalue weighted by atomic mass is 16.5. The molecule has 31 heavy (non-hydrogen) atoms. The maximum absolute atomic E-state index is 12.4. The molecule has 1 aromatic heterocycles. The molecule has 0 saturated carbocycles. The summed E-state index contributed by atoms with van der Waals surface area (Å²) in [6, 6.07) is 28.0. The first-order chi connectivity index (χ1) is 15.3. The largest absolute Gasteiger partial charge is 0.494 e. The number of carbonyl (C=O) groups is 1. The molecule has 0 saturated heterocycles. The molecular weight excluding hydrogens is 386 g/mol. The minimum Gasteiger partial charge on any atom is -0.494 e. The van der Waals surface area contributed by atoms with Gasteiger partial charge in [0.05, 0.1) is 24.2 Å². The monoisotopic (exact) mass is 413 g/mol. The number of rotatable bonds is 10. The van der Waals surface area contributed by atoms with Crippen molar-refractivity contribution in [2.45, 2.75) is 32.4 Å². The normalized spacial score (nSPS) is 10.8. The van der Waals surface area contributed by atoms with Gasteiger partial charge in [-0.15, -0.1) is 0 Å². The average molecular weight is 414 g/mol. The summed E-state index contributed by atoms with van der Waals surface area (Å²) in [6.45, 7) is 1.82. The van der Waals surface area contributed by atoms with Crippen molar-refractivity contribution in [2.24, 2.45) is 0 Å². The molecule has 0 aliphatic heterocycles. The molecule has 3 aromatic carbocycles. The Morgan fingerprint density at radius 1 is 0.903 bits per heavy atom. The minimum atomic E-state index is 0.0369. The molecule has 0 unspecified atom stereocenters. The number of fused-ring (bicyclic) bond motifs is 1. The van der Waals surface area contributed by atoms with Crippen molar-refractivity contribution < 1.29 is 9.53 Å². The van der Waals surface area contributed by atoms with Crippen LogP contribution in [0.1, 0.15) is 24.2 Å². The van der Waals surface area contributed by atoms with Gasteiger partial charge in [0, 0.05) is 13.0 Å². The molecule has 4 rings (SSSR count). The highest BCUT2D eigenvalue weighted by molar-refractivity contribution is 5.77. The molecular formula is C26H27N3O2. The van der Waals surface area contributed by atoms with Gasteiger partial charge in [-0.25, -0.2) is 4.98 Å². The SMILES string of the molecule is O=C(CCc1ccccc1)NCc1nc2ccccc2n1CCCOc1ccccc1. The molecule has 0 atom stereocenters. The van der Waals surface area contributed by atoms with Gasteiger partial charge in [0.15, 0.2) is 0 Å². The van der Waals surface area contributed by atoms with E-state index < -0.39 is 0 Å². The van der Waals surface area contributed by atoms with Crippen LogP contribution in [0.15, 0.2) is 84.9 Å². The summed E-state index contributed by atoms with van der Waals surface area (Å²) >= 11 is 0. The number of nitrogens with one attached hydrogen (secondary N) is 1. The summed E-state index contributed by atoms with van der Waals surface area (Å²) < 4.78 is 8.01. The zero-order valence-electron chi connectivity index (χ0n) is 17.5. The van der Waals surface area contributed by atoms with Crippen molar-refractivity contribution in [3.8, 4) is 5.75 Å². The predicted molar refractivity (Wildman–Crippen MR) is 123 cm³/mol. The number of amides is 1. The van der Waals surface area contributed by atoms with Gasteiger partial charge in [0.2, 0.25) is 5.91 Å². The van der Waals surface area contributed by atoms with Gasteiger partial charge in [-0.3, -0.25) is 4.79 Å². The number of carbonyl (C=O) groups excluding carboxylic acids is 1. The number of hydrogen-bond acceptors (Lipinski definition) is 3. The van der Waals surface area contributed by atoms with Crippen molar-refractivity contribution in [3.05, 3.63) is 96.3 Å². The summed E-state index contributed by atoms with van der Waals surface area (Å²) in [5.41, 5.74) is 3.19. The van der Waals surface area contributed by atoms with E-state index in [0.29, 0.717) is 19.6 Å². The molecule has 0 radical (unpaired) electrons. The first-order valence-corrected chi connectivity index (χ1v) is 10.7. The number of aromatic nitrogens is 2. The molecule has 5 heteroatoms. The summed E-state index contributed by atoms with van der Waals surface area (Å²) in [7, 11) is 0. The van der Waals surface area contributed by atoms with Crippen molar-refractivity contribution >= 4 is 16.9 Å². The van der Waals surface area contributed by atoms with E-state index in [1.807, 2.05) is 78.9 Å². The van der Waals surface area contributed by atoms with E-state index in [0.717, 1.165) is 42.0 Å². The van der Waals surface area contributed by atoms with Crippen LogP contribution in [0.4, 0.5) is 0 Å². The quantitative estimate of drug-likeness (QED) is 0.382. The molecule has 0 spiro atoms. The lowest BCUT2D eigenvalue weighted by Gasteiger charge is -2.11. The van der Waals surface area contributed by atoms with Crippen LogP contribution in [0.25, 0.3) is 11.0 Å². The first-order valence-electron chi connectivity index (χ1n) is 10.7. The Kier molecular flexibility index (Phi) is 6.96. The maximum Gasteiger partial charge on any atom is 0.220 e. The number of ether oxygens (including phenoxy) is 1. The van der Waals surface area contributed by atoms with Crippen LogP contribution in [-0.4, -0.2) is 22.1 Å². The lowest BCUT2D eigenvalue weighted by atomic mass is 10.1. The van der Waals surface area contributed by atoms with E-state index >= 15 is 0 Å². The standard InChI is InChI=1S/C26H27N3O2/c30-26(17-16-21-10-3-1-4-11-21)27-20-25-28-23-14-7-8-15-24(23)29(25)18-9-19-31-22-12-5-2-6-13-22/h1-8,10-15H,9,16-20H2,(H,27,30). The number of aryl methyl sites for hydroxylation is 2. The van der Waals surface area contributed by atoms with Crippen molar-refractivity contribution in [3.63, 3.8) is 0 Å². The zero-order chi connectivity index (χ0) is 21.3. The smallest absolute Gasteiger partial charge is 0.220 e. The Morgan fingerprint density at radius 3 is 2.42 bits per heavy atom. The van der Waals surface area contributed by atoms with Crippen LogP contribution in [0.2, 0.25) is 0 Å². The lowest BCUT2D eigenvalue weighted by molar-refractivity contribution is -0.121. The van der Waals surface area contributed by atoms with Crippen LogP contribution in [-0.2, 0) is 24.3 Å². The van der Waals surface area contributed by atoms with Gasteiger partial charge in [-0.2, -0.15) is 0 Å².